The van der Waals surface area contributed by atoms with Gasteiger partial charge in [0, 0.05) is 5.75 Å². The standard InChI is InChI=1S/C10H16ClN3S/c1-2-3-6-15-7-9-8(11)4-5-10(13-9)14-12/h4-5H,2-3,6-7,12H2,1H3,(H,13,14). The van der Waals surface area contributed by atoms with Crippen molar-refractivity contribution in [2.75, 3.05) is 11.2 Å². The Bertz CT molecular complexity index is 307. The number of nitrogens with two attached hydrogens (primary N) is 1. The first kappa shape index (κ1) is 12.6. The number of nitrogen functional groups attached to an aromatic ring is 1. The maximum atomic E-state index is 6.02. The normalized spacial score (nSPS) is 10.3. The lowest BCUT2D eigenvalue weighted by molar-refractivity contribution is 0.895. The molecule has 1 heterocycles. The Kier molecular flexibility index (Phi) is 5.83. The van der Waals surface area contributed by atoms with Crippen LogP contribution in [0.4, 0.5) is 5.82 Å². The molecule has 84 valence electrons. The number of thioether (sulfide) groups is 1. The van der Waals surface area contributed by atoms with Crippen LogP contribution in [0.15, 0.2) is 12.1 Å². The summed E-state index contributed by atoms with van der Waals surface area (Å²) in [5, 5.41) is 0.706. The van der Waals surface area contributed by atoms with E-state index in [1.54, 1.807) is 6.07 Å². The third-order valence-electron chi connectivity index (χ3n) is 1.95. The lowest BCUT2D eigenvalue weighted by Crippen LogP contribution is -2.09. The first-order valence-corrected chi connectivity index (χ1v) is 6.51. The summed E-state index contributed by atoms with van der Waals surface area (Å²) < 4.78 is 0. The number of nitrogens with zero attached hydrogens (tertiary/aromatic N) is 1. The van der Waals surface area contributed by atoms with Gasteiger partial charge in [0.05, 0.1) is 10.7 Å². The van der Waals surface area contributed by atoms with E-state index in [0.29, 0.717) is 10.8 Å². The van der Waals surface area contributed by atoms with Crippen molar-refractivity contribution in [1.82, 2.24) is 4.98 Å². The van der Waals surface area contributed by atoms with E-state index in [4.69, 9.17) is 17.4 Å². The second-order valence-corrected chi connectivity index (χ2v) is 4.69. The number of halogens is 1. The quantitative estimate of drug-likeness (QED) is 0.460. The van der Waals surface area contributed by atoms with Crippen LogP contribution in [0.2, 0.25) is 5.02 Å². The van der Waals surface area contributed by atoms with Crippen molar-refractivity contribution in [3.05, 3.63) is 22.8 Å². The average Bonchev–Trinajstić information content (AvgIpc) is 2.26. The van der Waals surface area contributed by atoms with E-state index in [1.165, 1.54) is 12.8 Å². The molecule has 0 amide bonds. The van der Waals surface area contributed by atoms with E-state index < -0.39 is 0 Å². The van der Waals surface area contributed by atoms with Gasteiger partial charge in [0.15, 0.2) is 0 Å². The molecular formula is C10H16ClN3S. The van der Waals surface area contributed by atoms with Gasteiger partial charge in [-0.1, -0.05) is 24.9 Å². The summed E-state index contributed by atoms with van der Waals surface area (Å²) in [7, 11) is 0. The molecule has 1 aromatic rings. The monoisotopic (exact) mass is 245 g/mol. The minimum absolute atomic E-state index is 0.658. The number of unbranched alkanes of at least 4 members (excludes halogenated alkanes) is 1. The van der Waals surface area contributed by atoms with Crippen molar-refractivity contribution in [2.45, 2.75) is 25.5 Å². The smallest absolute Gasteiger partial charge is 0.140 e. The fourth-order valence-corrected chi connectivity index (χ4v) is 2.38. The first-order chi connectivity index (χ1) is 7.27. The Balaban J connectivity index is 2.51. The van der Waals surface area contributed by atoms with Gasteiger partial charge in [0.1, 0.15) is 5.82 Å². The molecule has 5 heteroatoms. The molecule has 3 N–H and O–H groups in total. The lowest BCUT2D eigenvalue weighted by Gasteiger charge is -2.05. The maximum Gasteiger partial charge on any atom is 0.140 e. The van der Waals surface area contributed by atoms with Crippen LogP contribution < -0.4 is 11.3 Å². The molecule has 0 aliphatic heterocycles. The minimum Gasteiger partial charge on any atom is -0.308 e. The van der Waals surface area contributed by atoms with Gasteiger partial charge in [-0.2, -0.15) is 11.8 Å². The van der Waals surface area contributed by atoms with Gasteiger partial charge < -0.3 is 5.43 Å². The summed E-state index contributed by atoms with van der Waals surface area (Å²) >= 11 is 7.87. The molecule has 1 rings (SSSR count). The number of hydrazine groups is 1. The van der Waals surface area contributed by atoms with Gasteiger partial charge >= 0.3 is 0 Å². The van der Waals surface area contributed by atoms with Crippen LogP contribution >= 0.6 is 23.4 Å². The average molecular weight is 246 g/mol. The van der Waals surface area contributed by atoms with E-state index in [1.807, 2.05) is 17.8 Å². The molecule has 0 aliphatic carbocycles. The molecule has 0 atom stereocenters. The van der Waals surface area contributed by atoms with Crippen LogP contribution in [0.5, 0.6) is 0 Å². The molecule has 0 radical (unpaired) electrons. The van der Waals surface area contributed by atoms with E-state index >= 15 is 0 Å². The maximum absolute atomic E-state index is 6.02. The zero-order valence-electron chi connectivity index (χ0n) is 8.79. The van der Waals surface area contributed by atoms with Crippen molar-refractivity contribution >= 4 is 29.2 Å². The highest BCUT2D eigenvalue weighted by Gasteiger charge is 2.03. The fraction of sp³-hybridized carbons (Fsp3) is 0.500. The minimum atomic E-state index is 0.658. The molecule has 0 saturated heterocycles. The molecule has 0 spiro atoms. The molecule has 0 aromatic carbocycles. The summed E-state index contributed by atoms with van der Waals surface area (Å²) in [4.78, 5) is 4.30. The van der Waals surface area contributed by atoms with Crippen LogP contribution in [0.3, 0.4) is 0 Å². The summed E-state index contributed by atoms with van der Waals surface area (Å²) in [6.07, 6.45) is 2.45. The molecule has 0 fully saturated rings. The number of pyridine rings is 1. The highest BCUT2D eigenvalue weighted by atomic mass is 35.5. The van der Waals surface area contributed by atoms with E-state index in [-0.39, 0.29) is 0 Å². The van der Waals surface area contributed by atoms with Crippen LogP contribution in [0.25, 0.3) is 0 Å². The Labute approximate surface area is 99.8 Å². The molecule has 0 unspecified atom stereocenters. The number of hydrogen-bond donors (Lipinski definition) is 2. The van der Waals surface area contributed by atoms with Crippen molar-refractivity contribution < 1.29 is 0 Å². The fourth-order valence-electron chi connectivity index (χ4n) is 1.08. The van der Waals surface area contributed by atoms with Gasteiger partial charge in [-0.05, 0) is 24.3 Å². The predicted octanol–water partition coefficient (Wildman–Crippen LogP) is 3.05. The molecule has 15 heavy (non-hydrogen) atoms. The van der Waals surface area contributed by atoms with Crippen LogP contribution in [0, 0.1) is 0 Å². The van der Waals surface area contributed by atoms with Crippen LogP contribution in [0.1, 0.15) is 25.5 Å². The van der Waals surface area contributed by atoms with E-state index in [0.717, 1.165) is 17.2 Å². The van der Waals surface area contributed by atoms with Crippen molar-refractivity contribution in [3.8, 4) is 0 Å². The van der Waals surface area contributed by atoms with Gasteiger partial charge in [-0.25, -0.2) is 10.8 Å². The Morgan fingerprint density at radius 3 is 3.00 bits per heavy atom. The van der Waals surface area contributed by atoms with Crippen molar-refractivity contribution in [2.24, 2.45) is 5.84 Å². The van der Waals surface area contributed by atoms with Gasteiger partial charge in [-0.15, -0.1) is 0 Å². The highest BCUT2D eigenvalue weighted by Crippen LogP contribution is 2.21. The zero-order chi connectivity index (χ0) is 11.1. The molecule has 3 nitrogen and oxygen atoms in total. The molecule has 0 saturated carbocycles. The van der Waals surface area contributed by atoms with Gasteiger partial charge in [-0.3, -0.25) is 0 Å². The number of nitrogens with one attached hydrogen (secondary N) is 1. The summed E-state index contributed by atoms with van der Waals surface area (Å²) in [6, 6.07) is 3.59. The third-order valence-corrected chi connectivity index (χ3v) is 3.35. The summed E-state index contributed by atoms with van der Waals surface area (Å²) in [6.45, 7) is 2.19. The SMILES string of the molecule is CCCCSCc1nc(NN)ccc1Cl. The van der Waals surface area contributed by atoms with E-state index in [9.17, 15) is 0 Å². The number of anilines is 1. The first-order valence-electron chi connectivity index (χ1n) is 4.97. The number of aromatic nitrogens is 1. The molecule has 0 bridgehead atoms. The Hall–Kier alpha value is -0.450. The van der Waals surface area contributed by atoms with Crippen LogP contribution in [-0.4, -0.2) is 10.7 Å². The Morgan fingerprint density at radius 2 is 2.33 bits per heavy atom. The number of rotatable bonds is 6. The lowest BCUT2D eigenvalue weighted by atomic mass is 10.4. The number of hydrogen-bond acceptors (Lipinski definition) is 4. The molecular weight excluding hydrogens is 230 g/mol. The second-order valence-electron chi connectivity index (χ2n) is 3.18. The second kappa shape index (κ2) is 6.93. The van der Waals surface area contributed by atoms with Crippen molar-refractivity contribution in [1.29, 1.82) is 0 Å². The predicted molar refractivity (Wildman–Crippen MR) is 68.1 cm³/mol. The van der Waals surface area contributed by atoms with Gasteiger partial charge in [0.2, 0.25) is 0 Å². The van der Waals surface area contributed by atoms with Crippen LogP contribution in [-0.2, 0) is 5.75 Å². The van der Waals surface area contributed by atoms with Gasteiger partial charge in [0.25, 0.3) is 0 Å². The largest absolute Gasteiger partial charge is 0.308 e. The molecule has 1 aromatic heterocycles. The zero-order valence-corrected chi connectivity index (χ0v) is 10.4. The summed E-state index contributed by atoms with van der Waals surface area (Å²) in [5.41, 5.74) is 3.41. The van der Waals surface area contributed by atoms with Crippen molar-refractivity contribution in [3.63, 3.8) is 0 Å². The van der Waals surface area contributed by atoms with E-state index in [2.05, 4.69) is 17.3 Å². The summed E-state index contributed by atoms with van der Waals surface area (Å²) in [5.74, 6) is 7.93. The third kappa shape index (κ3) is 4.28. The topological polar surface area (TPSA) is 50.9 Å². The molecule has 0 aliphatic rings. The highest BCUT2D eigenvalue weighted by molar-refractivity contribution is 7.98. The Morgan fingerprint density at radius 1 is 1.53 bits per heavy atom.